The average molecular weight is 299 g/mol. The Bertz CT molecular complexity index is 601. The predicted octanol–water partition coefficient (Wildman–Crippen LogP) is 2.45. The van der Waals surface area contributed by atoms with Crippen molar-refractivity contribution in [2.75, 3.05) is 26.3 Å². The molecule has 2 aromatic carbocycles. The monoisotopic (exact) mass is 299 g/mol. The van der Waals surface area contributed by atoms with E-state index in [1.54, 1.807) is 4.90 Å². The molecule has 0 atom stereocenters. The summed E-state index contributed by atoms with van der Waals surface area (Å²) >= 11 is 0. The number of hydrogen-bond donors (Lipinski definition) is 0. The Kier molecular flexibility index (Phi) is 6.58. The van der Waals surface area contributed by atoms with Crippen LogP contribution in [0.4, 0.5) is 0 Å². The number of carbonyl (C=O) groups excluding carboxylic acids is 2. The van der Waals surface area contributed by atoms with E-state index in [2.05, 4.69) is 24.3 Å². The van der Waals surface area contributed by atoms with E-state index in [9.17, 15) is 9.59 Å². The summed E-state index contributed by atoms with van der Waals surface area (Å²) in [5.74, 6) is 0. The van der Waals surface area contributed by atoms with Crippen molar-refractivity contribution in [2.24, 2.45) is 0 Å². The molecule has 0 bridgehead atoms. The SMILES string of the molecule is O=CCCc1cccc2ccccc12.O=CN1CCOCC1. The zero-order chi connectivity index (χ0) is 15.6. The fourth-order valence-electron chi connectivity index (χ4n) is 2.41. The molecule has 0 radical (unpaired) electrons. The number of fused-ring (bicyclic) bond motifs is 1. The number of morpholine rings is 1. The topological polar surface area (TPSA) is 46.6 Å². The largest absolute Gasteiger partial charge is 0.378 e. The molecule has 4 nitrogen and oxygen atoms in total. The van der Waals surface area contributed by atoms with Crippen LogP contribution < -0.4 is 0 Å². The molecular weight excluding hydrogens is 278 g/mol. The van der Waals surface area contributed by atoms with Gasteiger partial charge in [-0.2, -0.15) is 0 Å². The minimum absolute atomic E-state index is 0.605. The van der Waals surface area contributed by atoms with Crippen LogP contribution in [0.5, 0.6) is 0 Å². The summed E-state index contributed by atoms with van der Waals surface area (Å²) in [4.78, 5) is 22.1. The minimum Gasteiger partial charge on any atom is -0.378 e. The molecule has 1 aliphatic rings. The van der Waals surface area contributed by atoms with Crippen LogP contribution in [0.2, 0.25) is 0 Å². The maximum Gasteiger partial charge on any atom is 0.209 e. The summed E-state index contributed by atoms with van der Waals surface area (Å²) in [6.45, 7) is 2.89. The maximum absolute atomic E-state index is 10.3. The summed E-state index contributed by atoms with van der Waals surface area (Å²) < 4.78 is 5.00. The fourth-order valence-corrected chi connectivity index (χ4v) is 2.41. The van der Waals surface area contributed by atoms with Gasteiger partial charge in [-0.1, -0.05) is 42.5 Å². The van der Waals surface area contributed by atoms with Crippen LogP contribution in [-0.2, 0) is 20.7 Å². The molecule has 1 aliphatic heterocycles. The van der Waals surface area contributed by atoms with E-state index in [-0.39, 0.29) is 0 Å². The molecule has 1 saturated heterocycles. The molecule has 0 aliphatic carbocycles. The van der Waals surface area contributed by atoms with E-state index >= 15 is 0 Å². The molecule has 0 spiro atoms. The Hall–Kier alpha value is -2.20. The van der Waals surface area contributed by atoms with Crippen LogP contribution in [0.1, 0.15) is 12.0 Å². The molecule has 1 heterocycles. The first-order valence-electron chi connectivity index (χ1n) is 7.52. The van der Waals surface area contributed by atoms with Gasteiger partial charge in [-0.3, -0.25) is 4.79 Å². The van der Waals surface area contributed by atoms with Crippen LogP contribution in [-0.4, -0.2) is 43.9 Å². The van der Waals surface area contributed by atoms with Gasteiger partial charge in [-0.05, 0) is 22.8 Å². The number of carbonyl (C=O) groups is 2. The Morgan fingerprint density at radius 3 is 2.41 bits per heavy atom. The number of ether oxygens (including phenoxy) is 1. The van der Waals surface area contributed by atoms with Gasteiger partial charge in [0.05, 0.1) is 13.2 Å². The Morgan fingerprint density at radius 2 is 1.73 bits per heavy atom. The molecular formula is C18H21NO3. The van der Waals surface area contributed by atoms with Gasteiger partial charge in [0.25, 0.3) is 0 Å². The number of hydrogen-bond acceptors (Lipinski definition) is 3. The molecule has 22 heavy (non-hydrogen) atoms. The quantitative estimate of drug-likeness (QED) is 0.815. The summed E-state index contributed by atoms with van der Waals surface area (Å²) in [6.07, 6.45) is 3.28. The lowest BCUT2D eigenvalue weighted by molar-refractivity contribution is -0.121. The Balaban J connectivity index is 0.000000188. The third kappa shape index (κ3) is 4.67. The summed E-state index contributed by atoms with van der Waals surface area (Å²) in [7, 11) is 0. The normalized spacial score (nSPS) is 14.1. The van der Waals surface area contributed by atoms with Crippen molar-refractivity contribution in [3.63, 3.8) is 0 Å². The number of aldehydes is 1. The second-order valence-corrected chi connectivity index (χ2v) is 5.10. The minimum atomic E-state index is 0.605. The highest BCUT2D eigenvalue weighted by Crippen LogP contribution is 2.19. The molecule has 2 aromatic rings. The van der Waals surface area contributed by atoms with E-state index in [4.69, 9.17) is 4.74 Å². The van der Waals surface area contributed by atoms with Gasteiger partial charge < -0.3 is 14.4 Å². The molecule has 0 saturated carbocycles. The van der Waals surface area contributed by atoms with Gasteiger partial charge in [-0.25, -0.2) is 0 Å². The van der Waals surface area contributed by atoms with E-state index < -0.39 is 0 Å². The summed E-state index contributed by atoms with van der Waals surface area (Å²) in [5.41, 5.74) is 1.26. The fraction of sp³-hybridized carbons (Fsp3) is 0.333. The number of aryl methyl sites for hydroxylation is 1. The first kappa shape index (κ1) is 16.2. The van der Waals surface area contributed by atoms with Crippen molar-refractivity contribution >= 4 is 23.5 Å². The second-order valence-electron chi connectivity index (χ2n) is 5.10. The van der Waals surface area contributed by atoms with E-state index in [1.165, 1.54) is 16.3 Å². The lowest BCUT2D eigenvalue weighted by atomic mass is 10.0. The van der Waals surface area contributed by atoms with Crippen LogP contribution in [0.3, 0.4) is 0 Å². The number of amides is 1. The van der Waals surface area contributed by atoms with Gasteiger partial charge in [0.2, 0.25) is 6.41 Å². The van der Waals surface area contributed by atoms with E-state index in [0.29, 0.717) is 19.6 Å². The van der Waals surface area contributed by atoms with Crippen LogP contribution in [0.15, 0.2) is 42.5 Å². The first-order valence-corrected chi connectivity index (χ1v) is 7.52. The second kappa shape index (κ2) is 8.95. The lowest BCUT2D eigenvalue weighted by Gasteiger charge is -2.21. The molecule has 4 heteroatoms. The zero-order valence-electron chi connectivity index (χ0n) is 12.6. The van der Waals surface area contributed by atoms with Gasteiger partial charge in [0.15, 0.2) is 0 Å². The van der Waals surface area contributed by atoms with Crippen LogP contribution in [0, 0.1) is 0 Å². The molecule has 3 rings (SSSR count). The van der Waals surface area contributed by atoms with E-state index in [0.717, 1.165) is 32.2 Å². The zero-order valence-corrected chi connectivity index (χ0v) is 12.6. The molecule has 0 N–H and O–H groups in total. The van der Waals surface area contributed by atoms with E-state index in [1.807, 2.05) is 18.2 Å². The Morgan fingerprint density at radius 1 is 1.00 bits per heavy atom. The lowest BCUT2D eigenvalue weighted by Crippen LogP contribution is -2.34. The van der Waals surface area contributed by atoms with Gasteiger partial charge in [-0.15, -0.1) is 0 Å². The molecule has 0 aromatic heterocycles. The number of nitrogens with zero attached hydrogens (tertiary/aromatic N) is 1. The molecule has 116 valence electrons. The van der Waals surface area contributed by atoms with Crippen molar-refractivity contribution in [2.45, 2.75) is 12.8 Å². The molecule has 0 unspecified atom stereocenters. The van der Waals surface area contributed by atoms with Crippen molar-refractivity contribution in [1.29, 1.82) is 0 Å². The predicted molar refractivity (Wildman–Crippen MR) is 86.8 cm³/mol. The third-order valence-electron chi connectivity index (χ3n) is 3.61. The van der Waals surface area contributed by atoms with Crippen molar-refractivity contribution in [1.82, 2.24) is 4.90 Å². The highest BCUT2D eigenvalue weighted by Gasteiger charge is 2.05. The summed E-state index contributed by atoms with van der Waals surface area (Å²) in [6, 6.07) is 14.5. The average Bonchev–Trinajstić information content (AvgIpc) is 2.61. The molecule has 1 amide bonds. The summed E-state index contributed by atoms with van der Waals surface area (Å²) in [5, 5.41) is 2.51. The van der Waals surface area contributed by atoms with Crippen LogP contribution in [0.25, 0.3) is 10.8 Å². The number of rotatable bonds is 4. The highest BCUT2D eigenvalue weighted by atomic mass is 16.5. The van der Waals surface area contributed by atoms with Gasteiger partial charge >= 0.3 is 0 Å². The standard InChI is InChI=1S/C13H12O.C5H9NO2/c14-10-4-8-12-7-3-6-11-5-1-2-9-13(11)12;7-5-6-1-3-8-4-2-6/h1-3,5-7,9-10H,4,8H2;5H,1-4H2. The van der Waals surface area contributed by atoms with Crippen LogP contribution >= 0.6 is 0 Å². The third-order valence-corrected chi connectivity index (χ3v) is 3.61. The Labute approximate surface area is 130 Å². The van der Waals surface area contributed by atoms with Gasteiger partial charge in [0.1, 0.15) is 6.29 Å². The van der Waals surface area contributed by atoms with Gasteiger partial charge in [0, 0.05) is 19.5 Å². The maximum atomic E-state index is 10.3. The van der Waals surface area contributed by atoms with Crippen molar-refractivity contribution in [3.8, 4) is 0 Å². The van der Waals surface area contributed by atoms with Crippen molar-refractivity contribution < 1.29 is 14.3 Å². The smallest absolute Gasteiger partial charge is 0.209 e. The molecule has 1 fully saturated rings. The number of benzene rings is 2. The first-order chi connectivity index (χ1) is 10.8. The van der Waals surface area contributed by atoms with Crippen molar-refractivity contribution in [3.05, 3.63) is 48.0 Å². The highest BCUT2D eigenvalue weighted by molar-refractivity contribution is 5.85.